The van der Waals surface area contributed by atoms with Gasteiger partial charge in [-0.15, -0.1) is 11.3 Å². The molecule has 126 valence electrons. The summed E-state index contributed by atoms with van der Waals surface area (Å²) in [5, 5.41) is 14.6. The molecule has 3 rings (SSSR count). The molecule has 0 aromatic carbocycles. The Labute approximate surface area is 141 Å². The van der Waals surface area contributed by atoms with E-state index in [2.05, 4.69) is 5.10 Å². The van der Waals surface area contributed by atoms with Gasteiger partial charge in [0, 0.05) is 32.4 Å². The van der Waals surface area contributed by atoms with Gasteiger partial charge in [0.2, 0.25) is 0 Å². The molecule has 2 aromatic rings. The third-order valence-electron chi connectivity index (χ3n) is 3.74. The lowest BCUT2D eigenvalue weighted by Gasteiger charge is -2.34. The zero-order valence-corrected chi connectivity index (χ0v) is 13.6. The number of hydrogen-bond acceptors (Lipinski definition) is 5. The molecule has 0 saturated carbocycles. The highest BCUT2D eigenvalue weighted by Gasteiger charge is 2.26. The van der Waals surface area contributed by atoms with Crippen LogP contribution < -0.4 is 0 Å². The van der Waals surface area contributed by atoms with Gasteiger partial charge in [-0.25, -0.2) is 0 Å². The van der Waals surface area contributed by atoms with Crippen LogP contribution in [-0.2, 0) is 11.3 Å². The number of aliphatic carboxylic acids is 1. The van der Waals surface area contributed by atoms with Crippen molar-refractivity contribution >= 4 is 29.1 Å². The van der Waals surface area contributed by atoms with Crippen LogP contribution in [0.3, 0.4) is 0 Å². The molecule has 2 aromatic heterocycles. The normalized spacial score (nSPS) is 14.7. The van der Waals surface area contributed by atoms with Gasteiger partial charge in [-0.2, -0.15) is 5.10 Å². The number of nitrogens with zero attached hydrogens (tertiary/aromatic N) is 4. The number of carbonyl (C=O) groups excluding carboxylic acids is 2. The molecule has 0 atom stereocenters. The number of amides is 2. The highest BCUT2D eigenvalue weighted by molar-refractivity contribution is 7.12. The number of carboxylic acid groups (broad SMARTS) is 1. The summed E-state index contributed by atoms with van der Waals surface area (Å²) in [5.41, 5.74) is 0.217. The van der Waals surface area contributed by atoms with Gasteiger partial charge < -0.3 is 14.9 Å². The zero-order valence-electron chi connectivity index (χ0n) is 12.8. The van der Waals surface area contributed by atoms with E-state index in [4.69, 9.17) is 5.11 Å². The van der Waals surface area contributed by atoms with Gasteiger partial charge in [0.25, 0.3) is 11.8 Å². The molecule has 9 heteroatoms. The number of carboxylic acids is 1. The molecule has 1 fully saturated rings. The van der Waals surface area contributed by atoms with Crippen LogP contribution in [-0.4, -0.2) is 68.6 Å². The van der Waals surface area contributed by atoms with Crippen LogP contribution in [0.2, 0.25) is 0 Å². The van der Waals surface area contributed by atoms with Crippen molar-refractivity contribution in [1.29, 1.82) is 0 Å². The fourth-order valence-electron chi connectivity index (χ4n) is 2.53. The second-order valence-electron chi connectivity index (χ2n) is 5.35. The van der Waals surface area contributed by atoms with Crippen LogP contribution in [0.5, 0.6) is 0 Å². The summed E-state index contributed by atoms with van der Waals surface area (Å²) in [6.07, 6.45) is 1.47. The molecule has 2 amide bonds. The van der Waals surface area contributed by atoms with E-state index >= 15 is 0 Å². The average molecular weight is 348 g/mol. The molecule has 1 saturated heterocycles. The smallest absolute Gasteiger partial charge is 0.325 e. The number of piperazine rings is 1. The molecule has 0 spiro atoms. The van der Waals surface area contributed by atoms with Crippen LogP contribution in [0.4, 0.5) is 0 Å². The fourth-order valence-corrected chi connectivity index (χ4v) is 3.22. The standard InChI is InChI=1S/C15H16N4O4S/c20-13(21)10-19-4-3-11(16-19)14(22)17-5-7-18(8-6-17)15(23)12-2-1-9-24-12/h1-4,9H,5-8,10H2,(H,20,21). The Bertz CT molecular complexity index is 747. The summed E-state index contributed by atoms with van der Waals surface area (Å²) in [5.74, 6) is -1.28. The molecule has 24 heavy (non-hydrogen) atoms. The highest BCUT2D eigenvalue weighted by atomic mass is 32.1. The summed E-state index contributed by atoms with van der Waals surface area (Å²) < 4.78 is 1.21. The maximum absolute atomic E-state index is 12.4. The second kappa shape index (κ2) is 6.83. The summed E-state index contributed by atoms with van der Waals surface area (Å²) >= 11 is 1.40. The average Bonchev–Trinajstić information content (AvgIpc) is 3.25. The molecule has 8 nitrogen and oxygen atoms in total. The molecular formula is C15H16N4O4S. The first-order chi connectivity index (χ1) is 11.5. The van der Waals surface area contributed by atoms with Crippen LogP contribution in [0.25, 0.3) is 0 Å². The van der Waals surface area contributed by atoms with E-state index < -0.39 is 5.97 Å². The van der Waals surface area contributed by atoms with Crippen LogP contribution in [0.1, 0.15) is 20.2 Å². The Morgan fingerprint density at radius 3 is 2.33 bits per heavy atom. The van der Waals surface area contributed by atoms with E-state index in [0.29, 0.717) is 31.1 Å². The first kappa shape index (κ1) is 16.2. The van der Waals surface area contributed by atoms with Crippen LogP contribution >= 0.6 is 11.3 Å². The van der Waals surface area contributed by atoms with Crippen molar-refractivity contribution < 1.29 is 19.5 Å². The molecular weight excluding hydrogens is 332 g/mol. The lowest BCUT2D eigenvalue weighted by Crippen LogP contribution is -2.50. The minimum Gasteiger partial charge on any atom is -0.480 e. The van der Waals surface area contributed by atoms with Crippen molar-refractivity contribution in [3.63, 3.8) is 0 Å². The summed E-state index contributed by atoms with van der Waals surface area (Å²) in [6.45, 7) is 1.52. The van der Waals surface area contributed by atoms with Crippen molar-refractivity contribution in [3.05, 3.63) is 40.3 Å². The molecule has 3 heterocycles. The van der Waals surface area contributed by atoms with Gasteiger partial charge in [0.05, 0.1) is 4.88 Å². The molecule has 1 aliphatic rings. The van der Waals surface area contributed by atoms with Crippen molar-refractivity contribution in [3.8, 4) is 0 Å². The van der Waals surface area contributed by atoms with Gasteiger partial charge >= 0.3 is 5.97 Å². The summed E-state index contributed by atoms with van der Waals surface area (Å²) in [6, 6.07) is 5.14. The number of carbonyl (C=O) groups is 3. The van der Waals surface area contributed by atoms with Crippen molar-refractivity contribution in [2.24, 2.45) is 0 Å². The third-order valence-corrected chi connectivity index (χ3v) is 4.60. The monoisotopic (exact) mass is 348 g/mol. The topological polar surface area (TPSA) is 95.7 Å². The van der Waals surface area contributed by atoms with Gasteiger partial charge in [0.1, 0.15) is 12.2 Å². The van der Waals surface area contributed by atoms with Gasteiger partial charge in [-0.05, 0) is 17.5 Å². The molecule has 1 N–H and O–H groups in total. The Kier molecular flexibility index (Phi) is 4.61. The predicted molar refractivity (Wildman–Crippen MR) is 86.0 cm³/mol. The lowest BCUT2D eigenvalue weighted by atomic mass is 10.2. The SMILES string of the molecule is O=C(O)Cn1ccc(C(=O)N2CCN(C(=O)c3cccs3)CC2)n1. The minimum absolute atomic E-state index is 0.0113. The Balaban J connectivity index is 1.58. The Hall–Kier alpha value is -2.68. The van der Waals surface area contributed by atoms with Gasteiger partial charge in [-0.1, -0.05) is 6.07 Å². The molecule has 0 radical (unpaired) electrons. The van der Waals surface area contributed by atoms with Crippen molar-refractivity contribution in [2.75, 3.05) is 26.2 Å². The quantitative estimate of drug-likeness (QED) is 0.874. The number of rotatable bonds is 4. The van der Waals surface area contributed by atoms with Gasteiger partial charge in [0.15, 0.2) is 0 Å². The Morgan fingerprint density at radius 2 is 1.75 bits per heavy atom. The molecule has 0 bridgehead atoms. The van der Waals surface area contributed by atoms with E-state index in [9.17, 15) is 14.4 Å². The largest absolute Gasteiger partial charge is 0.480 e. The highest BCUT2D eigenvalue weighted by Crippen LogP contribution is 2.14. The minimum atomic E-state index is -1.02. The number of aromatic nitrogens is 2. The van der Waals surface area contributed by atoms with Crippen LogP contribution in [0, 0.1) is 0 Å². The van der Waals surface area contributed by atoms with Crippen molar-refractivity contribution in [2.45, 2.75) is 6.54 Å². The first-order valence-corrected chi connectivity index (χ1v) is 8.30. The first-order valence-electron chi connectivity index (χ1n) is 7.42. The van der Waals surface area contributed by atoms with E-state index in [0.717, 1.165) is 0 Å². The molecule has 1 aliphatic heterocycles. The maximum atomic E-state index is 12.4. The fraction of sp³-hybridized carbons (Fsp3) is 0.333. The maximum Gasteiger partial charge on any atom is 0.325 e. The Morgan fingerprint density at radius 1 is 1.08 bits per heavy atom. The number of hydrogen-bond donors (Lipinski definition) is 1. The third kappa shape index (κ3) is 3.46. The molecule has 0 unspecified atom stereocenters. The van der Waals surface area contributed by atoms with E-state index in [1.54, 1.807) is 15.9 Å². The summed E-state index contributed by atoms with van der Waals surface area (Å²) in [4.78, 5) is 39.4. The van der Waals surface area contributed by atoms with E-state index in [-0.39, 0.29) is 24.1 Å². The number of thiophene rings is 1. The van der Waals surface area contributed by atoms with E-state index in [1.807, 2.05) is 11.4 Å². The lowest BCUT2D eigenvalue weighted by molar-refractivity contribution is -0.137. The summed E-state index contributed by atoms with van der Waals surface area (Å²) in [7, 11) is 0. The van der Waals surface area contributed by atoms with Crippen molar-refractivity contribution in [1.82, 2.24) is 19.6 Å². The van der Waals surface area contributed by atoms with Crippen LogP contribution in [0.15, 0.2) is 29.8 Å². The second-order valence-corrected chi connectivity index (χ2v) is 6.30. The van der Waals surface area contributed by atoms with E-state index in [1.165, 1.54) is 28.3 Å². The molecule has 0 aliphatic carbocycles. The zero-order chi connectivity index (χ0) is 17.1. The van der Waals surface area contributed by atoms with Gasteiger partial charge in [-0.3, -0.25) is 19.1 Å². The predicted octanol–water partition coefficient (Wildman–Crippen LogP) is 0.627.